The zero-order valence-corrected chi connectivity index (χ0v) is 19.9. The van der Waals surface area contributed by atoms with Gasteiger partial charge in [0.25, 0.3) is 0 Å². The molecule has 0 bridgehead atoms. The first-order valence-corrected chi connectivity index (χ1v) is 12.3. The number of Topliss-reactive ketones (excluding diaryl/α,β-unsaturated/α-hetero) is 1. The highest BCUT2D eigenvalue weighted by atomic mass is 16.5. The zero-order chi connectivity index (χ0) is 23.0. The van der Waals surface area contributed by atoms with Crippen LogP contribution >= 0.6 is 0 Å². The van der Waals surface area contributed by atoms with Crippen LogP contribution in [0.15, 0.2) is 60.7 Å². The van der Waals surface area contributed by atoms with Crippen molar-refractivity contribution < 1.29 is 9.53 Å². The number of rotatable bonds is 6. The van der Waals surface area contributed by atoms with E-state index in [0.717, 1.165) is 48.1 Å². The lowest BCUT2D eigenvalue weighted by Crippen LogP contribution is -2.53. The summed E-state index contributed by atoms with van der Waals surface area (Å²) >= 11 is 0. The van der Waals surface area contributed by atoms with E-state index in [1.807, 2.05) is 12.1 Å². The number of hydrogen-bond donors (Lipinski definition) is 1. The summed E-state index contributed by atoms with van der Waals surface area (Å²) in [6, 6.07) is 8.00. The number of benzene rings is 1. The van der Waals surface area contributed by atoms with Gasteiger partial charge in [0, 0.05) is 11.6 Å². The molecule has 0 aromatic heterocycles. The van der Waals surface area contributed by atoms with Crippen molar-refractivity contribution in [3.05, 3.63) is 66.3 Å². The highest BCUT2D eigenvalue weighted by Gasteiger charge is 2.56. The van der Waals surface area contributed by atoms with Crippen LogP contribution in [0.3, 0.4) is 0 Å². The molecule has 4 unspecified atom stereocenters. The quantitative estimate of drug-likeness (QED) is 0.332. The van der Waals surface area contributed by atoms with Gasteiger partial charge < -0.3 is 10.5 Å². The minimum absolute atomic E-state index is 0.0424. The highest BCUT2D eigenvalue weighted by molar-refractivity contribution is 6.01. The molecule has 4 rings (SSSR count). The lowest BCUT2D eigenvalue weighted by atomic mass is 9.48. The molecule has 0 radical (unpaired) electrons. The molecular weight excluding hydrogens is 394 g/mol. The molecule has 6 atom stereocenters. The third kappa shape index (κ3) is 4.01. The van der Waals surface area contributed by atoms with Gasteiger partial charge in [0.15, 0.2) is 5.78 Å². The van der Waals surface area contributed by atoms with E-state index in [1.54, 1.807) is 0 Å². The molecule has 0 amide bonds. The van der Waals surface area contributed by atoms with Gasteiger partial charge in [-0.3, -0.25) is 4.79 Å². The Hall–Kier alpha value is -2.13. The molecule has 0 heterocycles. The van der Waals surface area contributed by atoms with Gasteiger partial charge in [-0.25, -0.2) is 0 Å². The maximum absolute atomic E-state index is 13.5. The van der Waals surface area contributed by atoms with E-state index in [-0.39, 0.29) is 23.0 Å². The van der Waals surface area contributed by atoms with Gasteiger partial charge in [-0.1, -0.05) is 52.1 Å². The Kier molecular flexibility index (Phi) is 6.49. The standard InChI is InChI=1S/C29H39NO2/c1-6-22-16-25-24-8-7-14-29(5,17-32-15-13-21-9-11-23(30)12-10-21)27(24)20(4)28(31)26(25)19(3)18(22)2/h9-12,22,24-27H,2-4,6-8,13-17,30H2,1,5H3/t22-,24?,25?,26?,27?,29-/m0/s1. The van der Waals surface area contributed by atoms with Crippen molar-refractivity contribution in [3.63, 3.8) is 0 Å². The fourth-order valence-electron chi connectivity index (χ4n) is 6.93. The van der Waals surface area contributed by atoms with Crippen LogP contribution in [-0.2, 0) is 16.0 Å². The van der Waals surface area contributed by atoms with Gasteiger partial charge in [-0.2, -0.15) is 0 Å². The molecule has 172 valence electrons. The Bertz CT molecular complexity index is 914. The van der Waals surface area contributed by atoms with Crippen LogP contribution in [0, 0.1) is 35.0 Å². The minimum atomic E-state index is -0.104. The number of ketones is 1. The molecular formula is C29H39NO2. The van der Waals surface area contributed by atoms with Crippen LogP contribution in [0.5, 0.6) is 0 Å². The summed E-state index contributed by atoms with van der Waals surface area (Å²) in [5.74, 6) is 1.63. The van der Waals surface area contributed by atoms with Crippen molar-refractivity contribution >= 4 is 11.5 Å². The Morgan fingerprint density at radius 2 is 1.81 bits per heavy atom. The molecule has 0 saturated heterocycles. The smallest absolute Gasteiger partial charge is 0.166 e. The Morgan fingerprint density at radius 1 is 1.09 bits per heavy atom. The van der Waals surface area contributed by atoms with Crippen molar-refractivity contribution in [2.45, 2.75) is 52.4 Å². The molecule has 3 fully saturated rings. The Balaban J connectivity index is 1.48. The van der Waals surface area contributed by atoms with E-state index in [4.69, 9.17) is 10.5 Å². The van der Waals surface area contributed by atoms with E-state index < -0.39 is 0 Å². The molecule has 1 aromatic carbocycles. The number of allylic oxidation sites excluding steroid dienone is 3. The van der Waals surface area contributed by atoms with Gasteiger partial charge in [0.2, 0.25) is 0 Å². The van der Waals surface area contributed by atoms with Crippen molar-refractivity contribution in [2.24, 2.45) is 35.0 Å². The Morgan fingerprint density at radius 3 is 2.50 bits per heavy atom. The van der Waals surface area contributed by atoms with Crippen LogP contribution in [-0.4, -0.2) is 19.0 Å². The Labute approximate surface area is 193 Å². The molecule has 0 aliphatic heterocycles. The summed E-state index contributed by atoms with van der Waals surface area (Å²) in [7, 11) is 0. The minimum Gasteiger partial charge on any atom is -0.399 e. The lowest BCUT2D eigenvalue weighted by Gasteiger charge is -2.56. The highest BCUT2D eigenvalue weighted by Crippen LogP contribution is 2.59. The zero-order valence-electron chi connectivity index (χ0n) is 19.9. The topological polar surface area (TPSA) is 52.3 Å². The second kappa shape index (κ2) is 9.02. The predicted octanol–water partition coefficient (Wildman–Crippen LogP) is 6.16. The van der Waals surface area contributed by atoms with Crippen LogP contribution in [0.1, 0.15) is 51.5 Å². The number of hydrogen-bond acceptors (Lipinski definition) is 3. The molecule has 3 aliphatic rings. The van der Waals surface area contributed by atoms with E-state index in [1.165, 1.54) is 18.4 Å². The summed E-state index contributed by atoms with van der Waals surface area (Å²) in [6.07, 6.45) is 6.45. The van der Waals surface area contributed by atoms with Gasteiger partial charge in [0.1, 0.15) is 0 Å². The molecule has 3 heteroatoms. The number of nitrogens with two attached hydrogens (primary N) is 1. The number of fused-ring (bicyclic) bond motifs is 3. The molecule has 32 heavy (non-hydrogen) atoms. The largest absolute Gasteiger partial charge is 0.399 e. The molecule has 3 saturated carbocycles. The van der Waals surface area contributed by atoms with Crippen molar-refractivity contribution in [2.75, 3.05) is 18.9 Å². The molecule has 3 aliphatic carbocycles. The predicted molar refractivity (Wildman–Crippen MR) is 132 cm³/mol. The molecule has 3 nitrogen and oxygen atoms in total. The summed E-state index contributed by atoms with van der Waals surface area (Å²) < 4.78 is 6.24. The van der Waals surface area contributed by atoms with Crippen LogP contribution in [0.2, 0.25) is 0 Å². The summed E-state index contributed by atoms with van der Waals surface area (Å²) in [5.41, 5.74) is 10.6. The number of carbonyl (C=O) groups excluding carboxylic acids is 1. The maximum Gasteiger partial charge on any atom is 0.166 e. The summed E-state index contributed by atoms with van der Waals surface area (Å²) in [4.78, 5) is 13.5. The number of anilines is 1. The van der Waals surface area contributed by atoms with E-state index in [2.05, 4.69) is 45.7 Å². The second-order valence-corrected chi connectivity index (χ2v) is 10.7. The fourth-order valence-corrected chi connectivity index (χ4v) is 6.93. The monoisotopic (exact) mass is 433 g/mol. The first-order valence-electron chi connectivity index (χ1n) is 12.3. The molecule has 2 N–H and O–H groups in total. The number of nitrogen functional groups attached to an aromatic ring is 1. The second-order valence-electron chi connectivity index (χ2n) is 10.7. The maximum atomic E-state index is 13.5. The average Bonchev–Trinajstić information content (AvgIpc) is 2.78. The van der Waals surface area contributed by atoms with Crippen molar-refractivity contribution in [1.82, 2.24) is 0 Å². The first kappa shape index (κ1) is 23.0. The van der Waals surface area contributed by atoms with E-state index in [9.17, 15) is 4.79 Å². The van der Waals surface area contributed by atoms with Crippen LogP contribution in [0.25, 0.3) is 0 Å². The fraction of sp³-hybridized carbons (Fsp3) is 0.552. The number of ether oxygens (including phenoxy) is 1. The summed E-state index contributed by atoms with van der Waals surface area (Å²) in [6.45, 7) is 18.9. The van der Waals surface area contributed by atoms with Crippen molar-refractivity contribution in [1.29, 1.82) is 0 Å². The van der Waals surface area contributed by atoms with Crippen LogP contribution < -0.4 is 5.73 Å². The number of carbonyl (C=O) groups is 1. The van der Waals surface area contributed by atoms with Gasteiger partial charge >= 0.3 is 0 Å². The molecule has 1 aromatic rings. The summed E-state index contributed by atoms with van der Waals surface area (Å²) in [5, 5.41) is 0. The van der Waals surface area contributed by atoms with E-state index in [0.29, 0.717) is 31.0 Å². The van der Waals surface area contributed by atoms with Gasteiger partial charge in [0.05, 0.1) is 13.2 Å². The van der Waals surface area contributed by atoms with Gasteiger partial charge in [-0.15, -0.1) is 0 Å². The normalized spacial score (nSPS) is 34.9. The molecule has 0 spiro atoms. The van der Waals surface area contributed by atoms with E-state index >= 15 is 0 Å². The third-order valence-corrected chi connectivity index (χ3v) is 8.69. The average molecular weight is 434 g/mol. The third-order valence-electron chi connectivity index (χ3n) is 8.69. The van der Waals surface area contributed by atoms with Crippen LogP contribution in [0.4, 0.5) is 5.69 Å². The SMILES string of the molecule is C=C1C(=C)[C@@H](CC)CC2C1C(=O)C(=C)C1C2CCC[C@@]1(C)COCCc1ccc(N)cc1. The lowest BCUT2D eigenvalue weighted by molar-refractivity contribution is -0.130. The van der Waals surface area contributed by atoms with Gasteiger partial charge in [-0.05, 0) is 95.6 Å². The first-order chi connectivity index (χ1) is 15.3. The van der Waals surface area contributed by atoms with Crippen molar-refractivity contribution in [3.8, 4) is 0 Å².